The summed E-state index contributed by atoms with van der Waals surface area (Å²) in [6, 6.07) is 8.30. The molecule has 0 radical (unpaired) electrons. The fourth-order valence-corrected chi connectivity index (χ4v) is 3.02. The van der Waals surface area contributed by atoms with Gasteiger partial charge in [-0.25, -0.2) is 8.42 Å². The van der Waals surface area contributed by atoms with Gasteiger partial charge in [-0.15, -0.1) is 0 Å². The first-order valence-corrected chi connectivity index (χ1v) is 9.71. The minimum Gasteiger partial charge on any atom is -0.494 e. The van der Waals surface area contributed by atoms with E-state index in [4.69, 9.17) is 9.47 Å². The number of carbonyl (C=O) groups excluding carboxylic acids is 1. The Morgan fingerprint density at radius 3 is 2.14 bits per heavy atom. The van der Waals surface area contributed by atoms with Crippen LogP contribution in [0, 0.1) is 0 Å². The zero-order valence-electron chi connectivity index (χ0n) is 15.0. The molecular weight excluding hydrogens is 399 g/mol. The number of hydrogen-bond acceptors (Lipinski definition) is 5. The minimum absolute atomic E-state index is 0.0228. The van der Waals surface area contributed by atoms with Gasteiger partial charge in [0, 0.05) is 11.6 Å². The van der Waals surface area contributed by atoms with Gasteiger partial charge in [-0.3, -0.25) is 4.79 Å². The lowest BCUT2D eigenvalue weighted by Crippen LogP contribution is -2.23. The van der Waals surface area contributed by atoms with E-state index >= 15 is 0 Å². The van der Waals surface area contributed by atoms with Crippen molar-refractivity contribution in [2.45, 2.75) is 24.3 Å². The largest absolute Gasteiger partial charge is 0.501 e. The monoisotopic (exact) mass is 417 g/mol. The van der Waals surface area contributed by atoms with Crippen LogP contribution in [-0.2, 0) is 9.84 Å². The molecular formula is C18H18F3NO5S. The van der Waals surface area contributed by atoms with Crippen molar-refractivity contribution in [2.24, 2.45) is 0 Å². The zero-order valence-corrected chi connectivity index (χ0v) is 15.9. The van der Waals surface area contributed by atoms with Crippen LogP contribution in [0.2, 0.25) is 0 Å². The summed E-state index contributed by atoms with van der Waals surface area (Å²) in [5.74, 6) is 0.231. The second-order valence-electron chi connectivity index (χ2n) is 5.45. The Morgan fingerprint density at radius 2 is 1.61 bits per heavy atom. The minimum atomic E-state index is -5.47. The average Bonchev–Trinajstić information content (AvgIpc) is 2.63. The summed E-state index contributed by atoms with van der Waals surface area (Å²) in [5, 5.41) is 2.58. The van der Waals surface area contributed by atoms with Gasteiger partial charge in [0.25, 0.3) is 15.7 Å². The quantitative estimate of drug-likeness (QED) is 0.736. The van der Waals surface area contributed by atoms with Crippen LogP contribution in [0.15, 0.2) is 47.4 Å². The second-order valence-corrected chi connectivity index (χ2v) is 7.39. The van der Waals surface area contributed by atoms with Crippen LogP contribution in [0.4, 0.5) is 18.9 Å². The normalized spacial score (nSPS) is 11.8. The van der Waals surface area contributed by atoms with E-state index in [0.717, 1.165) is 24.3 Å². The van der Waals surface area contributed by atoms with Gasteiger partial charge < -0.3 is 14.8 Å². The zero-order chi connectivity index (χ0) is 20.9. The highest BCUT2D eigenvalue weighted by molar-refractivity contribution is 7.92. The summed E-state index contributed by atoms with van der Waals surface area (Å²) in [6.45, 7) is 4.32. The van der Waals surface area contributed by atoms with E-state index in [2.05, 4.69) is 5.32 Å². The highest BCUT2D eigenvalue weighted by atomic mass is 32.2. The summed E-state index contributed by atoms with van der Waals surface area (Å²) in [6.07, 6.45) is 0. The molecule has 28 heavy (non-hydrogen) atoms. The average molecular weight is 417 g/mol. The molecule has 0 aliphatic rings. The number of ether oxygens (including phenoxy) is 2. The summed E-state index contributed by atoms with van der Waals surface area (Å²) in [4.78, 5) is 11.5. The summed E-state index contributed by atoms with van der Waals surface area (Å²) in [7, 11) is -5.47. The lowest BCUT2D eigenvalue weighted by atomic mass is 10.2. The second kappa shape index (κ2) is 8.51. The van der Waals surface area contributed by atoms with Crippen LogP contribution in [0.1, 0.15) is 24.2 Å². The third-order valence-electron chi connectivity index (χ3n) is 3.54. The molecule has 1 N–H and O–H groups in total. The van der Waals surface area contributed by atoms with E-state index in [-0.39, 0.29) is 5.56 Å². The number of halogens is 3. The molecule has 0 bridgehead atoms. The fraction of sp³-hybridized carbons (Fsp3) is 0.278. The van der Waals surface area contributed by atoms with Gasteiger partial charge in [0.05, 0.1) is 23.8 Å². The molecule has 6 nitrogen and oxygen atoms in total. The molecule has 0 atom stereocenters. The molecule has 2 aromatic rings. The van der Waals surface area contributed by atoms with E-state index in [1.165, 1.54) is 0 Å². The van der Waals surface area contributed by atoms with E-state index < -0.39 is 26.1 Å². The van der Waals surface area contributed by atoms with Crippen LogP contribution in [0.25, 0.3) is 0 Å². The molecule has 0 spiro atoms. The summed E-state index contributed by atoms with van der Waals surface area (Å²) in [5.41, 5.74) is -5.13. The SMILES string of the molecule is CCOc1ccc(OCC)c(NC(=O)c2ccc(S(=O)(=O)C(F)(F)F)cc2)c1. The first-order chi connectivity index (χ1) is 13.1. The topological polar surface area (TPSA) is 81.7 Å². The lowest BCUT2D eigenvalue weighted by molar-refractivity contribution is -0.0436. The standard InChI is InChI=1S/C18H18F3NO5S/c1-3-26-13-7-10-16(27-4-2)15(11-13)22-17(23)12-5-8-14(9-6-12)28(24,25)18(19,20)21/h5-11H,3-4H2,1-2H3,(H,22,23). The van der Waals surface area contributed by atoms with Gasteiger partial charge in [-0.1, -0.05) is 0 Å². The van der Waals surface area contributed by atoms with Gasteiger partial charge in [0.1, 0.15) is 11.5 Å². The third kappa shape index (κ3) is 4.75. The van der Waals surface area contributed by atoms with Crippen LogP contribution in [0.5, 0.6) is 11.5 Å². The van der Waals surface area contributed by atoms with Gasteiger partial charge >= 0.3 is 5.51 Å². The molecule has 0 aromatic heterocycles. The molecule has 0 saturated heterocycles. The van der Waals surface area contributed by atoms with Crippen molar-refractivity contribution in [2.75, 3.05) is 18.5 Å². The number of sulfone groups is 1. The number of amides is 1. The predicted octanol–water partition coefficient (Wildman–Crippen LogP) is 4.03. The number of rotatable bonds is 7. The van der Waals surface area contributed by atoms with E-state index in [1.54, 1.807) is 32.0 Å². The van der Waals surface area contributed by atoms with Crippen molar-refractivity contribution in [3.8, 4) is 11.5 Å². The van der Waals surface area contributed by atoms with Gasteiger partial charge in [-0.05, 0) is 50.2 Å². The van der Waals surface area contributed by atoms with Crippen LogP contribution in [-0.4, -0.2) is 33.0 Å². The molecule has 1 amide bonds. The smallest absolute Gasteiger partial charge is 0.494 e. The van der Waals surface area contributed by atoms with Gasteiger partial charge in [0.15, 0.2) is 0 Å². The lowest BCUT2D eigenvalue weighted by Gasteiger charge is -2.14. The fourth-order valence-electron chi connectivity index (χ4n) is 2.26. The van der Waals surface area contributed by atoms with E-state index in [9.17, 15) is 26.4 Å². The Hall–Kier alpha value is -2.75. The number of nitrogens with one attached hydrogen (secondary N) is 1. The Bertz CT molecular complexity index is 941. The molecule has 0 fully saturated rings. The predicted molar refractivity (Wildman–Crippen MR) is 96.4 cm³/mol. The number of hydrogen-bond donors (Lipinski definition) is 1. The Labute approximate surface area is 160 Å². The van der Waals surface area contributed by atoms with Crippen molar-refractivity contribution in [1.29, 1.82) is 0 Å². The van der Waals surface area contributed by atoms with Crippen LogP contribution in [0.3, 0.4) is 0 Å². The van der Waals surface area contributed by atoms with Gasteiger partial charge in [-0.2, -0.15) is 13.2 Å². The first-order valence-electron chi connectivity index (χ1n) is 8.22. The molecule has 0 heterocycles. The molecule has 152 valence electrons. The molecule has 2 rings (SSSR count). The van der Waals surface area contributed by atoms with E-state index in [0.29, 0.717) is 30.4 Å². The number of benzene rings is 2. The molecule has 10 heteroatoms. The highest BCUT2D eigenvalue weighted by Gasteiger charge is 2.46. The molecule has 0 saturated carbocycles. The first kappa shape index (κ1) is 21.5. The molecule has 0 unspecified atom stereocenters. The van der Waals surface area contributed by atoms with Crippen LogP contribution >= 0.6 is 0 Å². The summed E-state index contributed by atoms with van der Waals surface area (Å²) >= 11 is 0. The van der Waals surface area contributed by atoms with Crippen molar-refractivity contribution >= 4 is 21.4 Å². The van der Waals surface area contributed by atoms with E-state index in [1.807, 2.05) is 0 Å². The van der Waals surface area contributed by atoms with Gasteiger partial charge in [0.2, 0.25) is 0 Å². The molecule has 2 aromatic carbocycles. The molecule has 0 aliphatic heterocycles. The van der Waals surface area contributed by atoms with Crippen LogP contribution < -0.4 is 14.8 Å². The Kier molecular flexibility index (Phi) is 6.55. The Morgan fingerprint density at radius 1 is 1.00 bits per heavy atom. The van der Waals surface area contributed by atoms with Crippen molar-refractivity contribution in [3.05, 3.63) is 48.0 Å². The number of carbonyl (C=O) groups is 1. The maximum absolute atomic E-state index is 12.6. The van der Waals surface area contributed by atoms with Crippen molar-refractivity contribution < 1.29 is 35.9 Å². The third-order valence-corrected chi connectivity index (χ3v) is 5.04. The Balaban J connectivity index is 2.27. The number of alkyl halides is 3. The summed E-state index contributed by atoms with van der Waals surface area (Å²) < 4.78 is 71.3. The maximum atomic E-state index is 12.6. The molecule has 0 aliphatic carbocycles. The highest BCUT2D eigenvalue weighted by Crippen LogP contribution is 2.31. The number of anilines is 1. The maximum Gasteiger partial charge on any atom is 0.501 e. The van der Waals surface area contributed by atoms with Crippen molar-refractivity contribution in [1.82, 2.24) is 0 Å². The van der Waals surface area contributed by atoms with Crippen molar-refractivity contribution in [3.63, 3.8) is 0 Å².